The van der Waals surface area contributed by atoms with Gasteiger partial charge in [0.2, 0.25) is 5.91 Å². The molecule has 1 aromatic carbocycles. The maximum atomic E-state index is 11.8. The maximum absolute atomic E-state index is 11.8. The largest absolute Gasteiger partial charge is 0.489 e. The van der Waals surface area contributed by atoms with Crippen molar-refractivity contribution in [2.24, 2.45) is 5.92 Å². The minimum Gasteiger partial charge on any atom is -0.489 e. The molecular weight excluding hydrogens is 296 g/mol. The van der Waals surface area contributed by atoms with E-state index in [4.69, 9.17) is 9.84 Å². The van der Waals surface area contributed by atoms with Crippen LogP contribution in [0.2, 0.25) is 0 Å². The summed E-state index contributed by atoms with van der Waals surface area (Å²) in [5.41, 5.74) is 1.70. The second kappa shape index (κ2) is 6.24. The molecule has 1 aliphatic rings. The van der Waals surface area contributed by atoms with Gasteiger partial charge in [0.15, 0.2) is 0 Å². The molecule has 3 rings (SSSR count). The molecule has 2 heterocycles. The molecule has 1 fully saturated rings. The first-order valence-electron chi connectivity index (χ1n) is 7.54. The number of carboxylic acids is 1. The van der Waals surface area contributed by atoms with Gasteiger partial charge in [-0.25, -0.2) is 4.98 Å². The highest BCUT2D eigenvalue weighted by Crippen LogP contribution is 2.24. The van der Waals surface area contributed by atoms with Crippen molar-refractivity contribution < 1.29 is 19.4 Å². The Morgan fingerprint density at radius 2 is 2.22 bits per heavy atom. The number of likely N-dealkylation sites (tertiary alicyclic amines) is 1. The summed E-state index contributed by atoms with van der Waals surface area (Å²) in [6.45, 7) is 2.87. The number of ether oxygens (including phenoxy) is 1. The number of para-hydroxylation sites is 1. The maximum Gasteiger partial charge on any atom is 0.308 e. The van der Waals surface area contributed by atoms with Crippen molar-refractivity contribution in [3.05, 3.63) is 36.0 Å². The van der Waals surface area contributed by atoms with Gasteiger partial charge < -0.3 is 14.7 Å². The van der Waals surface area contributed by atoms with Crippen LogP contribution in [0.3, 0.4) is 0 Å². The second-order valence-corrected chi connectivity index (χ2v) is 5.71. The first-order chi connectivity index (χ1) is 11.0. The lowest BCUT2D eigenvalue weighted by atomic mass is 10.1. The number of fused-ring (bicyclic) bond motifs is 1. The summed E-state index contributed by atoms with van der Waals surface area (Å²) in [6, 6.07) is 9.65. The topological polar surface area (TPSA) is 79.7 Å². The van der Waals surface area contributed by atoms with E-state index in [1.807, 2.05) is 37.3 Å². The summed E-state index contributed by atoms with van der Waals surface area (Å²) in [5, 5.41) is 9.97. The molecular formula is C17H18N2O4. The average Bonchev–Trinajstić information content (AvgIpc) is 2.89. The number of carbonyl (C=O) groups is 2. The monoisotopic (exact) mass is 314 g/mol. The van der Waals surface area contributed by atoms with E-state index in [-0.39, 0.29) is 18.9 Å². The van der Waals surface area contributed by atoms with Gasteiger partial charge in [-0.1, -0.05) is 18.2 Å². The zero-order valence-electron chi connectivity index (χ0n) is 12.9. The average molecular weight is 314 g/mol. The van der Waals surface area contributed by atoms with E-state index in [1.54, 1.807) is 4.90 Å². The van der Waals surface area contributed by atoms with Crippen LogP contribution in [0, 0.1) is 12.8 Å². The van der Waals surface area contributed by atoms with E-state index in [2.05, 4.69) is 4.98 Å². The van der Waals surface area contributed by atoms with Gasteiger partial charge in [-0.15, -0.1) is 0 Å². The highest BCUT2D eigenvalue weighted by atomic mass is 16.5. The number of aromatic nitrogens is 1. The number of nitrogens with zero attached hydrogens (tertiary/aromatic N) is 2. The van der Waals surface area contributed by atoms with E-state index in [0.717, 1.165) is 16.6 Å². The normalized spacial score (nSPS) is 17.7. The molecule has 120 valence electrons. The molecule has 1 atom stereocenters. The molecule has 1 amide bonds. The molecule has 6 nitrogen and oxygen atoms in total. The van der Waals surface area contributed by atoms with Crippen molar-refractivity contribution in [2.75, 3.05) is 19.7 Å². The van der Waals surface area contributed by atoms with Gasteiger partial charge in [0.1, 0.15) is 17.9 Å². The van der Waals surface area contributed by atoms with Crippen molar-refractivity contribution in [3.63, 3.8) is 0 Å². The minimum absolute atomic E-state index is 0.0738. The first kappa shape index (κ1) is 15.3. The van der Waals surface area contributed by atoms with E-state index in [1.165, 1.54) is 0 Å². The van der Waals surface area contributed by atoms with E-state index < -0.39 is 11.9 Å². The predicted molar refractivity (Wildman–Crippen MR) is 84.3 cm³/mol. The Morgan fingerprint density at radius 3 is 2.96 bits per heavy atom. The molecule has 2 aromatic rings. The number of carboxylic acid groups (broad SMARTS) is 1. The Balaban J connectivity index is 1.64. The van der Waals surface area contributed by atoms with Gasteiger partial charge >= 0.3 is 5.97 Å². The predicted octanol–water partition coefficient (Wildman–Crippen LogP) is 1.86. The fourth-order valence-corrected chi connectivity index (χ4v) is 2.75. The number of aryl methyl sites for hydroxylation is 1. The second-order valence-electron chi connectivity index (χ2n) is 5.71. The first-order valence-corrected chi connectivity index (χ1v) is 7.54. The van der Waals surface area contributed by atoms with Crippen LogP contribution in [0.25, 0.3) is 10.9 Å². The molecule has 1 saturated heterocycles. The third-order valence-corrected chi connectivity index (χ3v) is 4.00. The van der Waals surface area contributed by atoms with Crippen molar-refractivity contribution in [2.45, 2.75) is 13.3 Å². The molecule has 1 N–H and O–H groups in total. The van der Waals surface area contributed by atoms with Gasteiger partial charge in [-0.2, -0.15) is 0 Å². The van der Waals surface area contributed by atoms with Crippen LogP contribution < -0.4 is 4.74 Å². The molecule has 1 unspecified atom stereocenters. The molecule has 0 aliphatic carbocycles. The van der Waals surface area contributed by atoms with Gasteiger partial charge in [0.05, 0.1) is 12.5 Å². The molecule has 1 aromatic heterocycles. The molecule has 0 bridgehead atoms. The van der Waals surface area contributed by atoms with Crippen molar-refractivity contribution in [1.29, 1.82) is 0 Å². The van der Waals surface area contributed by atoms with Crippen LogP contribution in [0.1, 0.15) is 12.1 Å². The summed E-state index contributed by atoms with van der Waals surface area (Å²) < 4.78 is 5.78. The number of amides is 1. The van der Waals surface area contributed by atoms with Crippen molar-refractivity contribution >= 4 is 22.8 Å². The van der Waals surface area contributed by atoms with Crippen LogP contribution in [-0.4, -0.2) is 46.6 Å². The summed E-state index contributed by atoms with van der Waals surface area (Å²) in [6.07, 6.45) is 0.0738. The Kier molecular flexibility index (Phi) is 4.14. The Hall–Kier alpha value is -2.63. The van der Waals surface area contributed by atoms with E-state index in [9.17, 15) is 9.59 Å². The highest BCUT2D eigenvalue weighted by molar-refractivity contribution is 5.86. The SMILES string of the molecule is Cc1ccc2cccc(OCCN3CC(C(=O)O)CC3=O)c2n1. The summed E-state index contributed by atoms with van der Waals surface area (Å²) >= 11 is 0. The quantitative estimate of drug-likeness (QED) is 0.911. The number of hydrogen-bond acceptors (Lipinski definition) is 4. The summed E-state index contributed by atoms with van der Waals surface area (Å²) in [4.78, 5) is 28.8. The smallest absolute Gasteiger partial charge is 0.308 e. The number of pyridine rings is 1. The molecule has 6 heteroatoms. The summed E-state index contributed by atoms with van der Waals surface area (Å²) in [5.74, 6) is -0.986. The van der Waals surface area contributed by atoms with Crippen LogP contribution in [-0.2, 0) is 9.59 Å². The lowest BCUT2D eigenvalue weighted by Gasteiger charge is -2.16. The number of benzene rings is 1. The Labute approximate surface area is 133 Å². The van der Waals surface area contributed by atoms with Crippen molar-refractivity contribution in [3.8, 4) is 5.75 Å². The van der Waals surface area contributed by atoms with E-state index >= 15 is 0 Å². The number of rotatable bonds is 5. The zero-order chi connectivity index (χ0) is 16.4. The van der Waals surface area contributed by atoms with Crippen LogP contribution in [0.5, 0.6) is 5.75 Å². The van der Waals surface area contributed by atoms with E-state index in [0.29, 0.717) is 18.9 Å². The zero-order valence-corrected chi connectivity index (χ0v) is 12.9. The van der Waals surface area contributed by atoms with Gasteiger partial charge in [0.25, 0.3) is 0 Å². The highest BCUT2D eigenvalue weighted by Gasteiger charge is 2.33. The third-order valence-electron chi connectivity index (χ3n) is 4.00. The fourth-order valence-electron chi connectivity index (χ4n) is 2.75. The molecule has 0 spiro atoms. The minimum atomic E-state index is -0.921. The number of carbonyl (C=O) groups excluding carboxylic acids is 1. The standard InChI is InChI=1S/C17H18N2O4/c1-11-5-6-12-3-2-4-14(16(12)18-11)23-8-7-19-10-13(17(21)22)9-15(19)20/h2-6,13H,7-10H2,1H3,(H,21,22). The molecule has 1 aliphatic heterocycles. The summed E-state index contributed by atoms with van der Waals surface area (Å²) in [7, 11) is 0. The third kappa shape index (κ3) is 3.26. The molecule has 0 saturated carbocycles. The Morgan fingerprint density at radius 1 is 1.39 bits per heavy atom. The van der Waals surface area contributed by atoms with Gasteiger partial charge in [-0.3, -0.25) is 9.59 Å². The lowest BCUT2D eigenvalue weighted by Crippen LogP contribution is -2.30. The molecule has 0 radical (unpaired) electrons. The van der Waals surface area contributed by atoms with Gasteiger partial charge in [0, 0.05) is 24.0 Å². The number of aliphatic carboxylic acids is 1. The lowest BCUT2D eigenvalue weighted by molar-refractivity contribution is -0.141. The van der Waals surface area contributed by atoms with Crippen molar-refractivity contribution in [1.82, 2.24) is 9.88 Å². The van der Waals surface area contributed by atoms with Gasteiger partial charge in [-0.05, 0) is 19.1 Å². The Bertz CT molecular complexity index is 759. The molecule has 23 heavy (non-hydrogen) atoms. The van der Waals surface area contributed by atoms with Crippen LogP contribution in [0.4, 0.5) is 0 Å². The van der Waals surface area contributed by atoms with Crippen LogP contribution in [0.15, 0.2) is 30.3 Å². The van der Waals surface area contributed by atoms with Crippen LogP contribution >= 0.6 is 0 Å². The fraction of sp³-hybridized carbons (Fsp3) is 0.353. The number of hydrogen-bond donors (Lipinski definition) is 1.